The van der Waals surface area contributed by atoms with E-state index in [0.717, 1.165) is 4.90 Å². The first kappa shape index (κ1) is 16.2. The molecule has 0 spiro atoms. The van der Waals surface area contributed by atoms with Gasteiger partial charge in [-0.05, 0) is 5.25 Å². The minimum absolute atomic E-state index is 0.00639. The molecule has 0 bridgehead atoms. The van der Waals surface area contributed by atoms with E-state index in [1.54, 1.807) is 13.8 Å². The molecule has 1 aliphatic rings. The summed E-state index contributed by atoms with van der Waals surface area (Å²) in [7, 11) is 0. The van der Waals surface area contributed by atoms with Crippen molar-refractivity contribution < 1.29 is 14.4 Å². The zero-order chi connectivity index (χ0) is 14.7. The highest BCUT2D eigenvalue weighted by Crippen LogP contribution is 2.29. The Bertz CT molecular complexity index is 382. The number of nitrogens with zero attached hydrogens (tertiary/aromatic N) is 1. The third-order valence-electron chi connectivity index (χ3n) is 3.01. The van der Waals surface area contributed by atoms with Crippen LogP contribution in [0.2, 0.25) is 0 Å². The smallest absolute Gasteiger partial charge is 0.243 e. The molecule has 1 rings (SSSR count). The van der Waals surface area contributed by atoms with Gasteiger partial charge in [-0.3, -0.25) is 19.3 Å². The van der Waals surface area contributed by atoms with Crippen molar-refractivity contribution in [1.82, 2.24) is 4.90 Å². The molecule has 0 radical (unpaired) electrons. The van der Waals surface area contributed by atoms with Gasteiger partial charge in [0.25, 0.3) is 0 Å². The van der Waals surface area contributed by atoms with Gasteiger partial charge in [0.15, 0.2) is 5.78 Å². The Morgan fingerprint density at radius 1 is 1.37 bits per heavy atom. The number of amides is 2. The number of thioether (sulfide) groups is 1. The van der Waals surface area contributed by atoms with Crippen molar-refractivity contribution in [3.8, 4) is 0 Å². The fourth-order valence-electron chi connectivity index (χ4n) is 2.12. The van der Waals surface area contributed by atoms with Crippen molar-refractivity contribution in [2.45, 2.75) is 50.7 Å². The summed E-state index contributed by atoms with van der Waals surface area (Å²) in [5.74, 6) is -0.953. The molecule has 2 atom stereocenters. The summed E-state index contributed by atoms with van der Waals surface area (Å²) in [5.41, 5.74) is 5.59. The predicted molar refractivity (Wildman–Crippen MR) is 75.7 cm³/mol. The van der Waals surface area contributed by atoms with E-state index in [-0.39, 0.29) is 47.0 Å². The highest BCUT2D eigenvalue weighted by molar-refractivity contribution is 8.01. The van der Waals surface area contributed by atoms with E-state index >= 15 is 0 Å². The molecule has 19 heavy (non-hydrogen) atoms. The fraction of sp³-hybridized carbons (Fsp3) is 0.769. The number of Topliss-reactive ketones (excluding diaryl/α,β-unsaturated/α-hetero) is 1. The average Bonchev–Trinajstić information content (AvgIpc) is 2.56. The van der Waals surface area contributed by atoms with Crippen molar-refractivity contribution in [2.75, 3.05) is 6.54 Å². The summed E-state index contributed by atoms with van der Waals surface area (Å²) in [6, 6.07) is -0.808. The van der Waals surface area contributed by atoms with Crippen LogP contribution in [0, 0.1) is 5.92 Å². The van der Waals surface area contributed by atoms with Gasteiger partial charge in [0.05, 0.1) is 5.25 Å². The Kier molecular flexibility index (Phi) is 5.55. The van der Waals surface area contributed by atoms with Gasteiger partial charge in [-0.2, -0.15) is 0 Å². The van der Waals surface area contributed by atoms with E-state index in [1.807, 2.05) is 13.8 Å². The SMILES string of the molecule is CC(C)SC1CC(=O)N(C(CN)C(=O)C(C)C)C1=O. The minimum atomic E-state index is -0.808. The van der Waals surface area contributed by atoms with E-state index in [1.165, 1.54) is 11.8 Å². The van der Waals surface area contributed by atoms with Gasteiger partial charge < -0.3 is 5.73 Å². The number of carbonyl (C=O) groups is 3. The first-order chi connectivity index (χ1) is 8.79. The van der Waals surface area contributed by atoms with Gasteiger partial charge in [-0.1, -0.05) is 27.7 Å². The van der Waals surface area contributed by atoms with Crippen LogP contribution in [-0.4, -0.2) is 45.6 Å². The molecule has 2 N–H and O–H groups in total. The largest absolute Gasteiger partial charge is 0.328 e. The maximum atomic E-state index is 12.3. The normalized spacial score (nSPS) is 21.6. The van der Waals surface area contributed by atoms with Crippen molar-refractivity contribution >= 4 is 29.4 Å². The fourth-order valence-corrected chi connectivity index (χ4v) is 3.24. The van der Waals surface area contributed by atoms with E-state index in [0.29, 0.717) is 0 Å². The quantitative estimate of drug-likeness (QED) is 0.731. The van der Waals surface area contributed by atoms with Crippen LogP contribution in [-0.2, 0) is 14.4 Å². The molecular weight excluding hydrogens is 264 g/mol. The molecule has 2 unspecified atom stereocenters. The lowest BCUT2D eigenvalue weighted by Gasteiger charge is -2.25. The Morgan fingerprint density at radius 2 is 1.95 bits per heavy atom. The minimum Gasteiger partial charge on any atom is -0.328 e. The molecule has 108 valence electrons. The van der Waals surface area contributed by atoms with Crippen molar-refractivity contribution in [1.29, 1.82) is 0 Å². The van der Waals surface area contributed by atoms with Crippen molar-refractivity contribution in [3.63, 3.8) is 0 Å². The summed E-state index contributed by atoms with van der Waals surface area (Å²) >= 11 is 1.46. The number of ketones is 1. The van der Waals surface area contributed by atoms with E-state index in [4.69, 9.17) is 5.73 Å². The third kappa shape index (κ3) is 3.57. The maximum Gasteiger partial charge on any atom is 0.243 e. The number of rotatable bonds is 6. The standard InChI is InChI=1S/C13H22N2O3S/c1-7(2)12(17)9(6-14)15-11(16)5-10(13(15)18)19-8(3)4/h7-10H,5-6,14H2,1-4H3. The lowest BCUT2D eigenvalue weighted by molar-refractivity contribution is -0.146. The molecule has 1 heterocycles. The van der Waals surface area contributed by atoms with E-state index in [2.05, 4.69) is 0 Å². The van der Waals surface area contributed by atoms with Crippen LogP contribution in [0.5, 0.6) is 0 Å². The highest BCUT2D eigenvalue weighted by atomic mass is 32.2. The Hall–Kier alpha value is -0.880. The topological polar surface area (TPSA) is 80.5 Å². The predicted octanol–water partition coefficient (Wildman–Crippen LogP) is 0.808. The number of carbonyl (C=O) groups excluding carboxylic acids is 3. The maximum absolute atomic E-state index is 12.3. The molecule has 0 aliphatic carbocycles. The van der Waals surface area contributed by atoms with Gasteiger partial charge in [-0.25, -0.2) is 0 Å². The first-order valence-electron chi connectivity index (χ1n) is 6.54. The molecule has 1 aliphatic heterocycles. The zero-order valence-corrected chi connectivity index (χ0v) is 12.7. The second-order valence-corrected chi connectivity index (χ2v) is 7.07. The van der Waals surface area contributed by atoms with Crippen molar-refractivity contribution in [2.24, 2.45) is 11.7 Å². The van der Waals surface area contributed by atoms with Crippen LogP contribution >= 0.6 is 11.8 Å². The molecule has 1 fully saturated rings. The average molecular weight is 286 g/mol. The van der Waals surface area contributed by atoms with Crippen LogP contribution in [0.4, 0.5) is 0 Å². The summed E-state index contributed by atoms with van der Waals surface area (Å²) in [4.78, 5) is 37.4. The second-order valence-electron chi connectivity index (χ2n) is 5.29. The lowest BCUT2D eigenvalue weighted by Crippen LogP contribution is -2.50. The number of hydrogen-bond donors (Lipinski definition) is 1. The van der Waals surface area contributed by atoms with E-state index in [9.17, 15) is 14.4 Å². The molecule has 0 aromatic rings. The van der Waals surface area contributed by atoms with Gasteiger partial charge in [0.1, 0.15) is 6.04 Å². The van der Waals surface area contributed by atoms with Crippen molar-refractivity contribution in [3.05, 3.63) is 0 Å². The molecule has 0 aromatic heterocycles. The molecule has 1 saturated heterocycles. The monoisotopic (exact) mass is 286 g/mol. The molecule has 0 aromatic carbocycles. The van der Waals surface area contributed by atoms with Crippen LogP contribution in [0.3, 0.4) is 0 Å². The summed E-state index contributed by atoms with van der Waals surface area (Å²) < 4.78 is 0. The van der Waals surface area contributed by atoms with Crippen LogP contribution < -0.4 is 5.73 Å². The molecule has 2 amide bonds. The number of hydrogen-bond acceptors (Lipinski definition) is 5. The summed E-state index contributed by atoms with van der Waals surface area (Å²) in [5, 5.41) is -0.111. The van der Waals surface area contributed by atoms with Gasteiger partial charge in [0, 0.05) is 18.9 Å². The number of imide groups is 1. The number of nitrogens with two attached hydrogens (primary N) is 1. The molecule has 5 nitrogen and oxygen atoms in total. The Balaban J connectivity index is 2.90. The molecular formula is C13H22N2O3S. The highest BCUT2D eigenvalue weighted by Gasteiger charge is 2.44. The molecule has 6 heteroatoms. The van der Waals surface area contributed by atoms with Crippen LogP contribution in [0.25, 0.3) is 0 Å². The zero-order valence-electron chi connectivity index (χ0n) is 11.9. The van der Waals surface area contributed by atoms with E-state index < -0.39 is 6.04 Å². The lowest BCUT2D eigenvalue weighted by atomic mass is 10.0. The first-order valence-corrected chi connectivity index (χ1v) is 7.49. The third-order valence-corrected chi connectivity index (χ3v) is 4.25. The second kappa shape index (κ2) is 6.52. The Labute approximate surface area is 118 Å². The molecule has 0 saturated carbocycles. The van der Waals surface area contributed by atoms with Crippen LogP contribution in [0.1, 0.15) is 34.1 Å². The van der Waals surface area contributed by atoms with Crippen LogP contribution in [0.15, 0.2) is 0 Å². The summed E-state index contributed by atoms with van der Waals surface area (Å²) in [6.07, 6.45) is 0.170. The summed E-state index contributed by atoms with van der Waals surface area (Å²) in [6.45, 7) is 7.44. The van der Waals surface area contributed by atoms with Gasteiger partial charge in [-0.15, -0.1) is 11.8 Å². The van der Waals surface area contributed by atoms with Gasteiger partial charge >= 0.3 is 0 Å². The van der Waals surface area contributed by atoms with Gasteiger partial charge in [0.2, 0.25) is 11.8 Å². The Morgan fingerprint density at radius 3 is 2.37 bits per heavy atom. The number of likely N-dealkylation sites (tertiary alicyclic amines) is 1.